The lowest BCUT2D eigenvalue weighted by molar-refractivity contribution is -0.122. The molecule has 0 saturated heterocycles. The summed E-state index contributed by atoms with van der Waals surface area (Å²) in [7, 11) is 0. The molecule has 0 spiro atoms. The first-order chi connectivity index (χ1) is 12.6. The summed E-state index contributed by atoms with van der Waals surface area (Å²) in [6.45, 7) is 3.14. The van der Waals surface area contributed by atoms with Crippen molar-refractivity contribution in [3.05, 3.63) is 58.7 Å². The molecule has 5 nitrogen and oxygen atoms in total. The Balaban J connectivity index is 1.55. The van der Waals surface area contributed by atoms with Crippen LogP contribution in [0.2, 0.25) is 0 Å². The van der Waals surface area contributed by atoms with Crippen molar-refractivity contribution in [2.24, 2.45) is 5.73 Å². The quantitative estimate of drug-likeness (QED) is 0.791. The summed E-state index contributed by atoms with van der Waals surface area (Å²) in [5.74, 6) is 0.698. The molecule has 2 atom stereocenters. The van der Waals surface area contributed by atoms with Gasteiger partial charge in [-0.25, -0.2) is 0 Å². The first-order valence-corrected chi connectivity index (χ1v) is 9.29. The number of carbonyl (C=O) groups excluding carboxylic acids is 1. The molecule has 0 aromatic heterocycles. The van der Waals surface area contributed by atoms with Crippen molar-refractivity contribution in [1.29, 1.82) is 0 Å². The first-order valence-electron chi connectivity index (χ1n) is 9.29. The van der Waals surface area contributed by atoms with Gasteiger partial charge in [0.1, 0.15) is 5.75 Å². The smallest absolute Gasteiger partial charge is 0.265 e. The third-order valence-electron chi connectivity index (χ3n) is 5.27. The number of carbonyl (C=O) groups is 1. The Morgan fingerprint density at radius 2 is 2.12 bits per heavy atom. The fourth-order valence-electron chi connectivity index (χ4n) is 3.82. The van der Waals surface area contributed by atoms with Crippen molar-refractivity contribution in [2.75, 3.05) is 5.32 Å². The standard InChI is InChI=1S/C21H25N3O2/c1-13-21(25)24-19-10-17-16(9-20(19)26-13)6-3-7-18(17)23-12-15-5-2-4-14(8-15)11-22/h2,4-5,8-10,13,18,23H,3,6-7,11-12,22H2,1H3,(H,24,25). The van der Waals surface area contributed by atoms with E-state index in [-0.39, 0.29) is 11.9 Å². The van der Waals surface area contributed by atoms with E-state index in [0.717, 1.165) is 42.8 Å². The molecule has 26 heavy (non-hydrogen) atoms. The normalized spacial score (nSPS) is 21.4. The van der Waals surface area contributed by atoms with Gasteiger partial charge < -0.3 is 21.1 Å². The van der Waals surface area contributed by atoms with Crippen LogP contribution in [0.1, 0.15) is 48.1 Å². The van der Waals surface area contributed by atoms with Crippen LogP contribution in [-0.4, -0.2) is 12.0 Å². The highest BCUT2D eigenvalue weighted by molar-refractivity contribution is 5.97. The van der Waals surface area contributed by atoms with E-state index in [1.165, 1.54) is 16.7 Å². The van der Waals surface area contributed by atoms with Gasteiger partial charge in [-0.15, -0.1) is 0 Å². The minimum atomic E-state index is -0.437. The van der Waals surface area contributed by atoms with Gasteiger partial charge in [0.05, 0.1) is 5.69 Å². The molecule has 1 aliphatic carbocycles. The van der Waals surface area contributed by atoms with E-state index in [4.69, 9.17) is 10.5 Å². The first kappa shape index (κ1) is 17.1. The number of rotatable bonds is 4. The molecule has 2 aliphatic rings. The SMILES string of the molecule is CC1Oc2cc3c(cc2NC1=O)C(NCc1cccc(CN)c1)CCC3. The summed E-state index contributed by atoms with van der Waals surface area (Å²) in [5, 5.41) is 6.64. The second-order valence-corrected chi connectivity index (χ2v) is 7.15. The summed E-state index contributed by atoms with van der Waals surface area (Å²) in [5.41, 5.74) is 11.5. The van der Waals surface area contributed by atoms with Crippen molar-refractivity contribution in [3.63, 3.8) is 0 Å². The number of fused-ring (bicyclic) bond motifs is 2. The lowest BCUT2D eigenvalue weighted by Crippen LogP contribution is -2.35. The maximum Gasteiger partial charge on any atom is 0.265 e. The van der Waals surface area contributed by atoms with E-state index < -0.39 is 6.10 Å². The highest BCUT2D eigenvalue weighted by atomic mass is 16.5. The summed E-state index contributed by atoms with van der Waals surface area (Å²) in [6, 6.07) is 12.8. The van der Waals surface area contributed by atoms with Crippen LogP contribution in [0.25, 0.3) is 0 Å². The largest absolute Gasteiger partial charge is 0.479 e. The molecule has 4 rings (SSSR count). The molecule has 2 unspecified atom stereocenters. The molecule has 136 valence electrons. The summed E-state index contributed by atoms with van der Waals surface area (Å²) in [6.07, 6.45) is 2.85. The molecule has 4 N–H and O–H groups in total. The van der Waals surface area contributed by atoms with Crippen LogP contribution in [0.3, 0.4) is 0 Å². The Hall–Kier alpha value is -2.37. The molecular weight excluding hydrogens is 326 g/mol. The van der Waals surface area contributed by atoms with E-state index in [1.807, 2.05) is 0 Å². The number of nitrogens with one attached hydrogen (secondary N) is 2. The molecule has 0 bridgehead atoms. The minimum Gasteiger partial charge on any atom is -0.479 e. The number of amides is 1. The Morgan fingerprint density at radius 1 is 1.27 bits per heavy atom. The third-order valence-corrected chi connectivity index (χ3v) is 5.27. The molecule has 0 fully saturated rings. The minimum absolute atomic E-state index is 0.0867. The van der Waals surface area contributed by atoms with Gasteiger partial charge >= 0.3 is 0 Å². The molecule has 0 radical (unpaired) electrons. The summed E-state index contributed by atoms with van der Waals surface area (Å²) >= 11 is 0. The van der Waals surface area contributed by atoms with Crippen molar-refractivity contribution >= 4 is 11.6 Å². The van der Waals surface area contributed by atoms with Gasteiger partial charge in [-0.2, -0.15) is 0 Å². The van der Waals surface area contributed by atoms with Gasteiger partial charge in [-0.05, 0) is 60.6 Å². The Kier molecular flexibility index (Phi) is 4.66. The fraction of sp³-hybridized carbons (Fsp3) is 0.381. The number of aryl methyl sites for hydroxylation is 1. The van der Waals surface area contributed by atoms with Crippen LogP contribution in [0.4, 0.5) is 5.69 Å². The summed E-state index contributed by atoms with van der Waals surface area (Å²) in [4.78, 5) is 11.9. The van der Waals surface area contributed by atoms with Gasteiger partial charge in [-0.3, -0.25) is 4.79 Å². The van der Waals surface area contributed by atoms with Crippen LogP contribution in [-0.2, 0) is 24.3 Å². The number of anilines is 1. The Bertz CT molecular complexity index is 834. The lowest BCUT2D eigenvalue weighted by atomic mass is 9.86. The van der Waals surface area contributed by atoms with E-state index in [2.05, 4.69) is 47.0 Å². The zero-order valence-corrected chi connectivity index (χ0v) is 15.0. The maximum atomic E-state index is 11.9. The highest BCUT2D eigenvalue weighted by Crippen LogP contribution is 2.39. The van der Waals surface area contributed by atoms with Crippen LogP contribution < -0.4 is 21.1 Å². The lowest BCUT2D eigenvalue weighted by Gasteiger charge is -2.30. The molecule has 5 heteroatoms. The zero-order chi connectivity index (χ0) is 18.1. The van der Waals surface area contributed by atoms with E-state index >= 15 is 0 Å². The van der Waals surface area contributed by atoms with Crippen LogP contribution in [0.15, 0.2) is 36.4 Å². The monoisotopic (exact) mass is 351 g/mol. The zero-order valence-electron chi connectivity index (χ0n) is 15.0. The summed E-state index contributed by atoms with van der Waals surface area (Å²) < 4.78 is 5.76. The second-order valence-electron chi connectivity index (χ2n) is 7.15. The molecule has 1 heterocycles. The Labute approximate surface area is 153 Å². The average Bonchev–Trinajstić information content (AvgIpc) is 2.66. The predicted octanol–water partition coefficient (Wildman–Crippen LogP) is 3.03. The molecule has 2 aromatic carbocycles. The van der Waals surface area contributed by atoms with Crippen molar-refractivity contribution < 1.29 is 9.53 Å². The highest BCUT2D eigenvalue weighted by Gasteiger charge is 2.28. The average molecular weight is 351 g/mol. The van der Waals surface area contributed by atoms with Gasteiger partial charge in [0.2, 0.25) is 0 Å². The number of nitrogens with two attached hydrogens (primary N) is 1. The van der Waals surface area contributed by atoms with Crippen LogP contribution in [0, 0.1) is 0 Å². The number of ether oxygens (including phenoxy) is 1. The van der Waals surface area contributed by atoms with Gasteiger partial charge in [0.25, 0.3) is 5.91 Å². The molecule has 2 aromatic rings. The number of benzene rings is 2. The Morgan fingerprint density at radius 3 is 2.96 bits per heavy atom. The van der Waals surface area contributed by atoms with E-state index in [1.54, 1.807) is 6.92 Å². The number of hydrogen-bond acceptors (Lipinski definition) is 4. The molecule has 0 saturated carbocycles. The molecule has 1 aliphatic heterocycles. The van der Waals surface area contributed by atoms with Gasteiger partial charge in [0.15, 0.2) is 6.10 Å². The van der Waals surface area contributed by atoms with Crippen molar-refractivity contribution in [3.8, 4) is 5.75 Å². The topological polar surface area (TPSA) is 76.4 Å². The number of hydrogen-bond donors (Lipinski definition) is 3. The van der Waals surface area contributed by atoms with Gasteiger partial charge in [0, 0.05) is 19.1 Å². The molecular formula is C21H25N3O2. The second kappa shape index (κ2) is 7.09. The molecule has 1 amide bonds. The van der Waals surface area contributed by atoms with Crippen molar-refractivity contribution in [2.45, 2.75) is 51.4 Å². The van der Waals surface area contributed by atoms with E-state index in [9.17, 15) is 4.79 Å². The maximum absolute atomic E-state index is 11.9. The van der Waals surface area contributed by atoms with Crippen LogP contribution in [0.5, 0.6) is 5.75 Å². The fourth-order valence-corrected chi connectivity index (χ4v) is 3.82. The van der Waals surface area contributed by atoms with Gasteiger partial charge in [-0.1, -0.05) is 24.3 Å². The van der Waals surface area contributed by atoms with Crippen LogP contribution >= 0.6 is 0 Å². The van der Waals surface area contributed by atoms with E-state index in [0.29, 0.717) is 6.54 Å². The van der Waals surface area contributed by atoms with Crippen molar-refractivity contribution in [1.82, 2.24) is 5.32 Å². The predicted molar refractivity (Wildman–Crippen MR) is 102 cm³/mol. The third kappa shape index (κ3) is 3.32.